The summed E-state index contributed by atoms with van der Waals surface area (Å²) < 4.78 is 12.2. The topological polar surface area (TPSA) is 44.2 Å². The van der Waals surface area contributed by atoms with Gasteiger partial charge in [0.05, 0.1) is 13.2 Å². The zero-order chi connectivity index (χ0) is 33.3. The Labute approximate surface area is 296 Å². The van der Waals surface area contributed by atoms with Crippen LogP contribution in [-0.4, -0.2) is 23.2 Å². The van der Waals surface area contributed by atoms with Gasteiger partial charge in [0.25, 0.3) is 11.8 Å². The van der Waals surface area contributed by atoms with E-state index >= 15 is 0 Å². The van der Waals surface area contributed by atoms with Gasteiger partial charge in [0.1, 0.15) is 11.0 Å². The Morgan fingerprint density at radius 1 is 0.362 bits per heavy atom. The SMILES string of the molecule is CCCCCCCCCCCCCCCCCCOc1nc2cscc2nc1OCCCCCCCCCCCCCCCCCC. The Hall–Kier alpha value is -1.36. The smallest absolute Gasteiger partial charge is 0.278 e. The number of rotatable bonds is 36. The van der Waals surface area contributed by atoms with Crippen molar-refractivity contribution >= 4 is 22.4 Å². The zero-order valence-corrected chi connectivity index (χ0v) is 32.1. The number of unbranched alkanes of at least 4 members (excludes halogenated alkanes) is 30. The van der Waals surface area contributed by atoms with E-state index in [1.807, 2.05) is 10.8 Å². The fourth-order valence-electron chi connectivity index (χ4n) is 6.59. The Bertz CT molecular complexity index is 860. The van der Waals surface area contributed by atoms with Crippen molar-refractivity contribution < 1.29 is 9.47 Å². The summed E-state index contributed by atoms with van der Waals surface area (Å²) in [6.45, 7) is 5.98. The summed E-state index contributed by atoms with van der Waals surface area (Å²) in [5.41, 5.74) is 1.82. The van der Waals surface area contributed by atoms with Crippen LogP contribution >= 0.6 is 11.3 Å². The summed E-state index contributed by atoms with van der Waals surface area (Å²) in [4.78, 5) is 9.48. The van der Waals surface area contributed by atoms with Gasteiger partial charge in [-0.2, -0.15) is 0 Å². The van der Waals surface area contributed by atoms with Crippen LogP contribution in [0.3, 0.4) is 0 Å². The quantitative estimate of drug-likeness (QED) is 0.0676. The van der Waals surface area contributed by atoms with Gasteiger partial charge in [0.2, 0.25) is 0 Å². The van der Waals surface area contributed by atoms with E-state index in [4.69, 9.17) is 19.4 Å². The van der Waals surface area contributed by atoms with Crippen LogP contribution in [0.1, 0.15) is 219 Å². The molecule has 0 bridgehead atoms. The Morgan fingerprint density at radius 3 is 0.851 bits per heavy atom. The molecule has 0 aromatic carbocycles. The largest absolute Gasteiger partial charge is 0.474 e. The highest BCUT2D eigenvalue weighted by atomic mass is 32.1. The van der Waals surface area contributed by atoms with Crippen molar-refractivity contribution in [2.24, 2.45) is 0 Å². The molecular formula is C42H76N2O2S. The minimum atomic E-state index is 0.577. The summed E-state index contributed by atoms with van der Waals surface area (Å²) in [6.07, 6.45) is 44.1. The Balaban J connectivity index is 1.43. The second-order valence-corrected chi connectivity index (χ2v) is 15.0. The second kappa shape index (κ2) is 31.9. The van der Waals surface area contributed by atoms with Crippen molar-refractivity contribution in [2.45, 2.75) is 219 Å². The molecule has 0 spiro atoms. The first-order chi connectivity index (χ1) is 23.3. The van der Waals surface area contributed by atoms with Gasteiger partial charge in [-0.1, -0.05) is 206 Å². The second-order valence-electron chi connectivity index (χ2n) is 14.3. The zero-order valence-electron chi connectivity index (χ0n) is 31.3. The number of hydrogen-bond donors (Lipinski definition) is 0. The maximum atomic E-state index is 6.12. The number of hydrogen-bond acceptors (Lipinski definition) is 5. The molecule has 0 atom stereocenters. The number of ether oxygens (including phenoxy) is 2. The van der Waals surface area contributed by atoms with E-state index in [9.17, 15) is 0 Å². The third-order valence-electron chi connectivity index (χ3n) is 9.72. The normalized spacial score (nSPS) is 11.5. The van der Waals surface area contributed by atoms with E-state index < -0.39 is 0 Å². The average Bonchev–Trinajstić information content (AvgIpc) is 3.54. The lowest BCUT2D eigenvalue weighted by atomic mass is 10.0. The molecule has 0 saturated carbocycles. The van der Waals surface area contributed by atoms with Gasteiger partial charge in [0.15, 0.2) is 0 Å². The van der Waals surface area contributed by atoms with E-state index in [-0.39, 0.29) is 0 Å². The maximum absolute atomic E-state index is 6.12. The van der Waals surface area contributed by atoms with Crippen LogP contribution in [0.15, 0.2) is 10.8 Å². The molecule has 0 saturated heterocycles. The van der Waals surface area contributed by atoms with Gasteiger partial charge in [-0.3, -0.25) is 0 Å². The molecule has 2 rings (SSSR count). The standard InChI is InChI=1S/C42H76N2O2S/c1-3-5-7-9-11-13-15-17-19-21-23-25-27-29-31-33-35-45-41-42(44-40-38-47-37-39(40)43-41)46-36-34-32-30-28-26-24-22-20-18-16-14-12-10-8-6-4-2/h37-38H,3-36H2,1-2H3. The van der Waals surface area contributed by atoms with Gasteiger partial charge in [-0.15, -0.1) is 11.3 Å². The van der Waals surface area contributed by atoms with Crippen molar-refractivity contribution in [2.75, 3.05) is 13.2 Å². The lowest BCUT2D eigenvalue weighted by molar-refractivity contribution is 0.243. The molecule has 47 heavy (non-hydrogen) atoms. The molecule has 4 nitrogen and oxygen atoms in total. The molecule has 2 heterocycles. The highest BCUT2D eigenvalue weighted by Gasteiger charge is 2.12. The fourth-order valence-corrected chi connectivity index (χ4v) is 7.26. The average molecular weight is 673 g/mol. The molecule has 0 fully saturated rings. The van der Waals surface area contributed by atoms with Crippen molar-refractivity contribution in [1.82, 2.24) is 9.97 Å². The van der Waals surface area contributed by atoms with Crippen LogP contribution in [0.4, 0.5) is 0 Å². The van der Waals surface area contributed by atoms with Gasteiger partial charge < -0.3 is 9.47 Å². The van der Waals surface area contributed by atoms with Crippen LogP contribution in [0.2, 0.25) is 0 Å². The highest BCUT2D eigenvalue weighted by Crippen LogP contribution is 2.28. The maximum Gasteiger partial charge on any atom is 0.278 e. The minimum absolute atomic E-state index is 0.577. The molecule has 0 N–H and O–H groups in total. The molecule has 0 aliphatic rings. The van der Waals surface area contributed by atoms with Gasteiger partial charge in [-0.25, -0.2) is 9.97 Å². The van der Waals surface area contributed by atoms with Crippen LogP contribution in [-0.2, 0) is 0 Å². The number of nitrogens with zero attached hydrogens (tertiary/aromatic N) is 2. The van der Waals surface area contributed by atoms with Gasteiger partial charge >= 0.3 is 0 Å². The fraction of sp³-hybridized carbons (Fsp3) is 0.857. The summed E-state index contributed by atoms with van der Waals surface area (Å²) in [5.74, 6) is 1.15. The molecule has 5 heteroatoms. The minimum Gasteiger partial charge on any atom is -0.474 e. The molecule has 0 radical (unpaired) electrons. The number of fused-ring (bicyclic) bond motifs is 1. The molecule has 2 aromatic rings. The van der Waals surface area contributed by atoms with E-state index in [0.717, 1.165) is 23.9 Å². The van der Waals surface area contributed by atoms with Gasteiger partial charge in [0, 0.05) is 10.8 Å². The van der Waals surface area contributed by atoms with Crippen molar-refractivity contribution in [3.05, 3.63) is 10.8 Å². The predicted molar refractivity (Wildman–Crippen MR) is 207 cm³/mol. The summed E-state index contributed by atoms with van der Waals surface area (Å²) in [7, 11) is 0. The monoisotopic (exact) mass is 673 g/mol. The first kappa shape index (κ1) is 41.8. The molecule has 272 valence electrons. The van der Waals surface area contributed by atoms with E-state index in [2.05, 4.69) is 13.8 Å². The summed E-state index contributed by atoms with van der Waals surface area (Å²) >= 11 is 1.64. The van der Waals surface area contributed by atoms with Crippen molar-refractivity contribution in [1.29, 1.82) is 0 Å². The first-order valence-electron chi connectivity index (χ1n) is 20.8. The summed E-state index contributed by atoms with van der Waals surface area (Å²) in [6, 6.07) is 0. The van der Waals surface area contributed by atoms with Gasteiger partial charge in [-0.05, 0) is 12.8 Å². The van der Waals surface area contributed by atoms with Crippen LogP contribution in [0.5, 0.6) is 11.8 Å². The molecule has 2 aromatic heterocycles. The van der Waals surface area contributed by atoms with E-state index in [1.165, 1.54) is 193 Å². The Kier molecular flexibility index (Phi) is 28.4. The van der Waals surface area contributed by atoms with Crippen molar-refractivity contribution in [3.8, 4) is 11.8 Å². The molecule has 0 amide bonds. The molecule has 0 aliphatic carbocycles. The van der Waals surface area contributed by atoms with Crippen LogP contribution in [0.25, 0.3) is 11.0 Å². The van der Waals surface area contributed by atoms with Crippen LogP contribution < -0.4 is 9.47 Å². The first-order valence-corrected chi connectivity index (χ1v) is 21.8. The number of thiophene rings is 1. The lowest BCUT2D eigenvalue weighted by Crippen LogP contribution is -2.06. The van der Waals surface area contributed by atoms with E-state index in [1.54, 1.807) is 11.3 Å². The third-order valence-corrected chi connectivity index (χ3v) is 10.4. The van der Waals surface area contributed by atoms with E-state index in [0.29, 0.717) is 25.0 Å². The molecular weight excluding hydrogens is 597 g/mol. The third kappa shape index (κ3) is 23.6. The molecule has 0 unspecified atom stereocenters. The predicted octanol–water partition coefficient (Wildman–Crippen LogP) is 15.0. The highest BCUT2D eigenvalue weighted by molar-refractivity contribution is 7.09. The lowest BCUT2D eigenvalue weighted by Gasteiger charge is -2.11. The van der Waals surface area contributed by atoms with Crippen molar-refractivity contribution in [3.63, 3.8) is 0 Å². The number of aromatic nitrogens is 2. The van der Waals surface area contributed by atoms with Crippen LogP contribution in [0, 0.1) is 0 Å². The Morgan fingerprint density at radius 2 is 0.596 bits per heavy atom. The summed E-state index contributed by atoms with van der Waals surface area (Å²) in [5, 5.41) is 4.09. The molecule has 0 aliphatic heterocycles.